The number of benzene rings is 3. The Morgan fingerprint density at radius 3 is 2.40 bits per heavy atom. The first-order chi connectivity index (χ1) is 14.9. The van der Waals surface area contributed by atoms with E-state index in [4.69, 9.17) is 9.72 Å². The summed E-state index contributed by atoms with van der Waals surface area (Å²) in [6, 6.07) is 27.3. The van der Waals surface area contributed by atoms with Crippen molar-refractivity contribution in [1.82, 2.24) is 14.5 Å². The highest BCUT2D eigenvalue weighted by molar-refractivity contribution is 6.13. The molecule has 0 unspecified atom stereocenters. The number of ether oxygens (including phenoxy) is 1. The van der Waals surface area contributed by atoms with Gasteiger partial charge >= 0.3 is 0 Å². The fraction of sp³-hybridized carbons (Fsp3) is 0. The molecule has 140 valence electrons. The van der Waals surface area contributed by atoms with Crippen LogP contribution in [-0.2, 0) is 0 Å². The maximum absolute atomic E-state index is 6.28. The number of aromatic nitrogens is 3. The predicted molar refractivity (Wildman–Crippen MR) is 119 cm³/mol. The molecule has 30 heavy (non-hydrogen) atoms. The summed E-state index contributed by atoms with van der Waals surface area (Å²) < 4.78 is 8.57. The van der Waals surface area contributed by atoms with Crippen LogP contribution in [-0.4, -0.2) is 14.5 Å². The number of rotatable bonds is 1. The number of pyridine rings is 2. The van der Waals surface area contributed by atoms with Gasteiger partial charge in [0.15, 0.2) is 0 Å². The summed E-state index contributed by atoms with van der Waals surface area (Å²) >= 11 is 0. The Hall–Kier alpha value is -4.18. The van der Waals surface area contributed by atoms with Gasteiger partial charge in [-0.1, -0.05) is 36.4 Å². The highest BCUT2D eigenvalue weighted by Gasteiger charge is 2.24. The molecule has 0 saturated heterocycles. The number of nitrogens with zero attached hydrogens (tertiary/aromatic N) is 3. The van der Waals surface area contributed by atoms with E-state index in [2.05, 4.69) is 70.2 Å². The van der Waals surface area contributed by atoms with Gasteiger partial charge in [-0.25, -0.2) is 4.98 Å². The molecule has 0 atom stereocenters. The Kier molecular flexibility index (Phi) is 2.97. The number of hydrogen-bond donors (Lipinski definition) is 0. The monoisotopic (exact) mass is 385 g/mol. The van der Waals surface area contributed by atoms with Crippen LogP contribution in [0.3, 0.4) is 0 Å². The summed E-state index contributed by atoms with van der Waals surface area (Å²) in [6.45, 7) is 0. The summed E-state index contributed by atoms with van der Waals surface area (Å²) in [4.78, 5) is 9.17. The molecule has 0 bridgehead atoms. The average Bonchev–Trinajstić information content (AvgIpc) is 3.12. The van der Waals surface area contributed by atoms with Crippen LogP contribution in [0.25, 0.3) is 49.5 Å². The summed E-state index contributed by atoms with van der Waals surface area (Å²) in [5, 5.41) is 4.45. The molecule has 0 fully saturated rings. The molecule has 6 aromatic rings. The Balaban J connectivity index is 1.63. The van der Waals surface area contributed by atoms with Crippen molar-refractivity contribution in [2.75, 3.05) is 0 Å². The van der Waals surface area contributed by atoms with E-state index in [1.807, 2.05) is 24.4 Å². The molecule has 3 aromatic carbocycles. The van der Waals surface area contributed by atoms with Crippen LogP contribution >= 0.6 is 0 Å². The Bertz CT molecular complexity index is 1610. The number of hydrogen-bond acceptors (Lipinski definition) is 3. The Labute approximate surface area is 172 Å². The van der Waals surface area contributed by atoms with E-state index in [0.717, 1.165) is 39.0 Å². The van der Waals surface area contributed by atoms with E-state index >= 15 is 0 Å². The SMILES string of the molecule is c1ccc(-n2c3ccccc3c3cc4c(cc32)Oc2nccc3ccnc-4c23)cc1. The zero-order valence-corrected chi connectivity index (χ0v) is 15.9. The molecule has 0 spiro atoms. The molecule has 0 saturated carbocycles. The van der Waals surface area contributed by atoms with Crippen molar-refractivity contribution in [3.8, 4) is 28.6 Å². The maximum Gasteiger partial charge on any atom is 0.229 e. The first-order valence-corrected chi connectivity index (χ1v) is 9.93. The number of para-hydroxylation sites is 2. The lowest BCUT2D eigenvalue weighted by Crippen LogP contribution is -2.01. The smallest absolute Gasteiger partial charge is 0.229 e. The fourth-order valence-corrected chi connectivity index (χ4v) is 4.60. The van der Waals surface area contributed by atoms with Crippen molar-refractivity contribution in [3.63, 3.8) is 0 Å². The lowest BCUT2D eigenvalue weighted by atomic mass is 10.00. The van der Waals surface area contributed by atoms with Crippen LogP contribution in [0.15, 0.2) is 91.3 Å². The molecule has 7 rings (SSSR count). The summed E-state index contributed by atoms with van der Waals surface area (Å²) in [5.41, 5.74) is 5.33. The quantitative estimate of drug-likeness (QED) is 0.324. The van der Waals surface area contributed by atoms with Gasteiger partial charge in [0.05, 0.1) is 22.1 Å². The van der Waals surface area contributed by atoms with E-state index in [9.17, 15) is 0 Å². The summed E-state index contributed by atoms with van der Waals surface area (Å²) in [5.74, 6) is 1.40. The van der Waals surface area contributed by atoms with E-state index in [-0.39, 0.29) is 0 Å². The van der Waals surface area contributed by atoms with Gasteiger partial charge in [0.2, 0.25) is 5.88 Å². The predicted octanol–water partition coefficient (Wildman–Crippen LogP) is 6.50. The zero-order valence-electron chi connectivity index (χ0n) is 15.9. The van der Waals surface area contributed by atoms with Crippen LogP contribution in [0.2, 0.25) is 0 Å². The molecule has 4 heterocycles. The third kappa shape index (κ3) is 2.00. The van der Waals surface area contributed by atoms with Crippen molar-refractivity contribution >= 4 is 32.6 Å². The molecule has 0 radical (unpaired) electrons. The lowest BCUT2D eigenvalue weighted by Gasteiger charge is -2.19. The van der Waals surface area contributed by atoms with Gasteiger partial charge in [0.25, 0.3) is 0 Å². The first kappa shape index (κ1) is 15.7. The highest BCUT2D eigenvalue weighted by Crippen LogP contribution is 2.47. The minimum absolute atomic E-state index is 0.616. The topological polar surface area (TPSA) is 39.9 Å². The van der Waals surface area contributed by atoms with Crippen LogP contribution in [0, 0.1) is 0 Å². The van der Waals surface area contributed by atoms with Gasteiger partial charge in [0, 0.05) is 40.5 Å². The molecule has 0 aliphatic carbocycles. The third-order valence-corrected chi connectivity index (χ3v) is 5.89. The molecule has 3 aromatic heterocycles. The lowest BCUT2D eigenvalue weighted by molar-refractivity contribution is 0.468. The standard InChI is InChI=1S/C26H15N3O/c1-2-6-17(7-3-1)29-21-9-5-4-8-18(21)19-14-20-23(15-22(19)29)30-26-24-16(11-13-28-26)10-12-27-25(20)24/h1-15H. The Morgan fingerprint density at radius 2 is 1.50 bits per heavy atom. The van der Waals surface area contributed by atoms with Gasteiger partial charge < -0.3 is 9.30 Å². The van der Waals surface area contributed by atoms with E-state index in [1.165, 1.54) is 16.3 Å². The van der Waals surface area contributed by atoms with Gasteiger partial charge in [-0.3, -0.25) is 4.98 Å². The third-order valence-electron chi connectivity index (χ3n) is 5.89. The van der Waals surface area contributed by atoms with E-state index in [0.29, 0.717) is 5.88 Å². The molecule has 0 N–H and O–H groups in total. The van der Waals surface area contributed by atoms with Gasteiger partial charge in [-0.15, -0.1) is 0 Å². The fourth-order valence-electron chi connectivity index (χ4n) is 4.60. The van der Waals surface area contributed by atoms with Crippen LogP contribution < -0.4 is 4.74 Å². The summed E-state index contributed by atoms with van der Waals surface area (Å²) in [6.07, 6.45) is 3.64. The minimum atomic E-state index is 0.616. The minimum Gasteiger partial charge on any atom is -0.437 e. The van der Waals surface area contributed by atoms with E-state index in [1.54, 1.807) is 6.20 Å². The summed E-state index contributed by atoms with van der Waals surface area (Å²) in [7, 11) is 0. The van der Waals surface area contributed by atoms with Crippen molar-refractivity contribution in [3.05, 3.63) is 91.3 Å². The second-order valence-corrected chi connectivity index (χ2v) is 7.53. The molecule has 1 aliphatic heterocycles. The van der Waals surface area contributed by atoms with Crippen molar-refractivity contribution in [1.29, 1.82) is 0 Å². The molecular weight excluding hydrogens is 370 g/mol. The Morgan fingerprint density at radius 1 is 0.700 bits per heavy atom. The molecule has 4 heteroatoms. The van der Waals surface area contributed by atoms with Crippen LogP contribution in [0.5, 0.6) is 11.6 Å². The molecular formula is C26H15N3O. The molecule has 0 amide bonds. The number of fused-ring (bicyclic) bond motifs is 5. The van der Waals surface area contributed by atoms with Gasteiger partial charge in [-0.2, -0.15) is 0 Å². The zero-order chi connectivity index (χ0) is 19.7. The normalized spacial score (nSPS) is 12.3. The van der Waals surface area contributed by atoms with Gasteiger partial charge in [-0.05, 0) is 41.8 Å². The second kappa shape index (κ2) is 5.67. The second-order valence-electron chi connectivity index (χ2n) is 7.53. The molecule has 1 aliphatic rings. The van der Waals surface area contributed by atoms with Gasteiger partial charge in [0.1, 0.15) is 5.75 Å². The van der Waals surface area contributed by atoms with Crippen molar-refractivity contribution < 1.29 is 4.74 Å². The largest absolute Gasteiger partial charge is 0.437 e. The highest BCUT2D eigenvalue weighted by atomic mass is 16.5. The van der Waals surface area contributed by atoms with Crippen LogP contribution in [0.1, 0.15) is 0 Å². The van der Waals surface area contributed by atoms with Crippen molar-refractivity contribution in [2.45, 2.75) is 0 Å². The average molecular weight is 385 g/mol. The first-order valence-electron chi connectivity index (χ1n) is 9.93. The molecule has 4 nitrogen and oxygen atoms in total. The maximum atomic E-state index is 6.28. The van der Waals surface area contributed by atoms with Crippen molar-refractivity contribution in [2.24, 2.45) is 0 Å². The van der Waals surface area contributed by atoms with Crippen LogP contribution in [0.4, 0.5) is 0 Å². The van der Waals surface area contributed by atoms with E-state index < -0.39 is 0 Å².